The van der Waals surface area contributed by atoms with Crippen molar-refractivity contribution in [3.63, 3.8) is 0 Å². The topological polar surface area (TPSA) is 59.0 Å². The Kier molecular flexibility index (Phi) is 4.52. The summed E-state index contributed by atoms with van der Waals surface area (Å²) in [7, 11) is 1.59. The van der Waals surface area contributed by atoms with Crippen molar-refractivity contribution < 1.29 is 19.4 Å². The van der Waals surface area contributed by atoms with Gasteiger partial charge in [0, 0.05) is 25.8 Å². The Bertz CT molecular complexity index is 280. The lowest BCUT2D eigenvalue weighted by molar-refractivity contribution is -0.166. The molecule has 0 aromatic heterocycles. The van der Waals surface area contributed by atoms with Gasteiger partial charge in [-0.3, -0.25) is 9.69 Å². The maximum atomic E-state index is 11.6. The van der Waals surface area contributed by atoms with Crippen LogP contribution in [0.3, 0.4) is 0 Å². The molecule has 0 aromatic rings. The molecule has 1 N–H and O–H groups in total. The molecule has 0 spiro atoms. The highest BCUT2D eigenvalue weighted by Crippen LogP contribution is 2.31. The number of hydrogen-bond donors (Lipinski definition) is 1. The summed E-state index contributed by atoms with van der Waals surface area (Å²) in [5.74, 6) is -0.801. The van der Waals surface area contributed by atoms with Crippen molar-refractivity contribution in [1.82, 2.24) is 4.90 Å². The van der Waals surface area contributed by atoms with Crippen LogP contribution < -0.4 is 0 Å². The Hall–Kier alpha value is -0.650. The maximum absolute atomic E-state index is 11.6. The van der Waals surface area contributed by atoms with Gasteiger partial charge in [0.1, 0.15) is 5.54 Å². The van der Waals surface area contributed by atoms with Gasteiger partial charge in [-0.15, -0.1) is 0 Å². The molecule has 1 atom stereocenters. The fourth-order valence-corrected chi connectivity index (χ4v) is 2.43. The largest absolute Gasteiger partial charge is 0.480 e. The van der Waals surface area contributed by atoms with Crippen molar-refractivity contribution in [1.29, 1.82) is 0 Å². The highest BCUT2D eigenvalue weighted by Gasteiger charge is 2.47. The van der Waals surface area contributed by atoms with Gasteiger partial charge in [-0.1, -0.05) is 0 Å². The predicted molar refractivity (Wildman–Crippen MR) is 64.1 cm³/mol. The van der Waals surface area contributed by atoms with Gasteiger partial charge in [0.25, 0.3) is 0 Å². The van der Waals surface area contributed by atoms with E-state index in [2.05, 4.69) is 0 Å². The number of carboxylic acids is 1. The van der Waals surface area contributed by atoms with Crippen LogP contribution in [0.1, 0.15) is 27.2 Å². The number of carboxylic acid groups (broad SMARTS) is 1. The molecule has 1 aliphatic heterocycles. The third-order valence-corrected chi connectivity index (χ3v) is 3.49. The van der Waals surface area contributed by atoms with Gasteiger partial charge < -0.3 is 14.6 Å². The van der Waals surface area contributed by atoms with E-state index >= 15 is 0 Å². The van der Waals surface area contributed by atoms with Crippen LogP contribution >= 0.6 is 0 Å². The van der Waals surface area contributed by atoms with Crippen molar-refractivity contribution in [2.75, 3.05) is 33.5 Å². The number of aliphatic carboxylic acids is 1. The minimum Gasteiger partial charge on any atom is -0.480 e. The Labute approximate surface area is 103 Å². The lowest BCUT2D eigenvalue weighted by Gasteiger charge is -2.50. The molecular formula is C12H23NO4. The number of nitrogens with zero attached hydrogens (tertiary/aromatic N) is 1. The number of rotatable bonds is 5. The van der Waals surface area contributed by atoms with Gasteiger partial charge in [-0.25, -0.2) is 0 Å². The molecule has 0 amide bonds. The van der Waals surface area contributed by atoms with E-state index in [0.29, 0.717) is 32.8 Å². The molecule has 0 aliphatic carbocycles. The molecule has 0 aromatic carbocycles. The first-order valence-electron chi connectivity index (χ1n) is 5.92. The van der Waals surface area contributed by atoms with E-state index in [1.165, 1.54) is 0 Å². The highest BCUT2D eigenvalue weighted by atomic mass is 16.5. The van der Waals surface area contributed by atoms with Crippen LogP contribution in [-0.4, -0.2) is 60.5 Å². The SMILES string of the molecule is COCCC(C)(C(=O)O)N1CCOCC1(C)C. The first-order valence-corrected chi connectivity index (χ1v) is 5.92. The highest BCUT2D eigenvalue weighted by molar-refractivity contribution is 5.78. The molecule has 1 fully saturated rings. The molecule has 100 valence electrons. The lowest BCUT2D eigenvalue weighted by atomic mass is 9.88. The van der Waals surface area contributed by atoms with Crippen LogP contribution in [0.2, 0.25) is 0 Å². The van der Waals surface area contributed by atoms with Crippen LogP contribution in [0.15, 0.2) is 0 Å². The first-order chi connectivity index (χ1) is 7.84. The zero-order valence-corrected chi connectivity index (χ0v) is 11.2. The van der Waals surface area contributed by atoms with Gasteiger partial charge in [0.2, 0.25) is 0 Å². The Morgan fingerprint density at radius 3 is 2.71 bits per heavy atom. The average Bonchev–Trinajstić information content (AvgIpc) is 2.25. The number of hydrogen-bond acceptors (Lipinski definition) is 4. The van der Waals surface area contributed by atoms with Crippen LogP contribution in [0, 0.1) is 0 Å². The second kappa shape index (κ2) is 5.33. The van der Waals surface area contributed by atoms with E-state index in [1.807, 2.05) is 18.7 Å². The number of carbonyl (C=O) groups is 1. The smallest absolute Gasteiger partial charge is 0.323 e. The summed E-state index contributed by atoms with van der Waals surface area (Å²) in [5.41, 5.74) is -1.16. The summed E-state index contributed by atoms with van der Waals surface area (Å²) in [6, 6.07) is 0. The first kappa shape index (κ1) is 14.4. The minimum atomic E-state index is -0.900. The summed E-state index contributed by atoms with van der Waals surface area (Å²) in [6.07, 6.45) is 0.474. The quantitative estimate of drug-likeness (QED) is 0.782. The summed E-state index contributed by atoms with van der Waals surface area (Å²) in [5, 5.41) is 9.51. The lowest BCUT2D eigenvalue weighted by Crippen LogP contribution is -2.65. The fraction of sp³-hybridized carbons (Fsp3) is 0.917. The van der Waals surface area contributed by atoms with Crippen LogP contribution in [-0.2, 0) is 14.3 Å². The van der Waals surface area contributed by atoms with Crippen molar-refractivity contribution in [2.24, 2.45) is 0 Å². The van der Waals surface area contributed by atoms with Crippen molar-refractivity contribution >= 4 is 5.97 Å². The fourth-order valence-electron chi connectivity index (χ4n) is 2.43. The van der Waals surface area contributed by atoms with Crippen LogP contribution in [0.25, 0.3) is 0 Å². The molecule has 17 heavy (non-hydrogen) atoms. The number of methoxy groups -OCH3 is 1. The molecule has 1 rings (SSSR count). The summed E-state index contributed by atoms with van der Waals surface area (Å²) >= 11 is 0. The molecule has 5 nitrogen and oxygen atoms in total. The molecule has 1 aliphatic rings. The van der Waals surface area contributed by atoms with Crippen molar-refractivity contribution in [3.05, 3.63) is 0 Å². The number of ether oxygens (including phenoxy) is 2. The Balaban J connectivity index is 2.92. The average molecular weight is 245 g/mol. The van der Waals surface area contributed by atoms with Gasteiger partial charge in [-0.05, 0) is 27.2 Å². The van der Waals surface area contributed by atoms with E-state index in [1.54, 1.807) is 14.0 Å². The Morgan fingerprint density at radius 1 is 1.59 bits per heavy atom. The molecule has 1 saturated heterocycles. The summed E-state index contributed by atoms with van der Waals surface area (Å²) < 4.78 is 10.5. The van der Waals surface area contributed by atoms with E-state index in [-0.39, 0.29) is 5.54 Å². The predicted octanol–water partition coefficient (Wildman–Crippen LogP) is 0.977. The maximum Gasteiger partial charge on any atom is 0.323 e. The third kappa shape index (κ3) is 2.97. The molecule has 0 bridgehead atoms. The summed E-state index contributed by atoms with van der Waals surface area (Å²) in [4.78, 5) is 13.6. The van der Waals surface area contributed by atoms with E-state index < -0.39 is 11.5 Å². The molecular weight excluding hydrogens is 222 g/mol. The monoisotopic (exact) mass is 245 g/mol. The standard InChI is InChI=1S/C12H23NO4/c1-11(2)9-17-8-6-13(11)12(3,10(14)15)5-7-16-4/h5-9H2,1-4H3,(H,14,15). The zero-order chi connectivity index (χ0) is 13.1. The van der Waals surface area contributed by atoms with Crippen LogP contribution in [0.5, 0.6) is 0 Å². The minimum absolute atomic E-state index is 0.265. The van der Waals surface area contributed by atoms with Crippen molar-refractivity contribution in [2.45, 2.75) is 38.3 Å². The van der Waals surface area contributed by atoms with E-state index in [4.69, 9.17) is 9.47 Å². The second-order valence-corrected chi connectivity index (χ2v) is 5.34. The van der Waals surface area contributed by atoms with Gasteiger partial charge in [-0.2, -0.15) is 0 Å². The van der Waals surface area contributed by atoms with Crippen LogP contribution in [0.4, 0.5) is 0 Å². The van der Waals surface area contributed by atoms with Gasteiger partial charge in [0.05, 0.1) is 13.2 Å². The summed E-state index contributed by atoms with van der Waals surface area (Å²) in [6.45, 7) is 8.01. The zero-order valence-electron chi connectivity index (χ0n) is 11.2. The molecule has 1 heterocycles. The molecule has 1 unspecified atom stereocenters. The van der Waals surface area contributed by atoms with Crippen molar-refractivity contribution in [3.8, 4) is 0 Å². The van der Waals surface area contributed by atoms with E-state index in [0.717, 1.165) is 0 Å². The molecule has 5 heteroatoms. The van der Waals surface area contributed by atoms with E-state index in [9.17, 15) is 9.90 Å². The number of morpholine rings is 1. The van der Waals surface area contributed by atoms with Gasteiger partial charge in [0.15, 0.2) is 0 Å². The molecule has 0 saturated carbocycles. The normalized spacial score (nSPS) is 24.2. The molecule has 0 radical (unpaired) electrons. The van der Waals surface area contributed by atoms with Gasteiger partial charge >= 0.3 is 5.97 Å². The Morgan fingerprint density at radius 2 is 2.24 bits per heavy atom. The third-order valence-electron chi connectivity index (χ3n) is 3.49. The second-order valence-electron chi connectivity index (χ2n) is 5.34.